The van der Waals surface area contributed by atoms with Crippen LogP contribution in [0.5, 0.6) is 5.75 Å². The first-order chi connectivity index (χ1) is 7.35. The van der Waals surface area contributed by atoms with Crippen LogP contribution in [0, 0.1) is 5.92 Å². The summed E-state index contributed by atoms with van der Waals surface area (Å²) in [5.74, 6) is 1.96. The number of hydrogen-bond donors (Lipinski definition) is 0. The molecule has 1 aliphatic heterocycles. The average Bonchev–Trinajstić information content (AvgIpc) is 2.77. The van der Waals surface area contributed by atoms with Crippen molar-refractivity contribution >= 4 is 11.6 Å². The van der Waals surface area contributed by atoms with Crippen molar-refractivity contribution in [3.63, 3.8) is 0 Å². The Morgan fingerprint density at radius 1 is 1.53 bits per heavy atom. The van der Waals surface area contributed by atoms with Gasteiger partial charge in [0, 0.05) is 18.4 Å². The molecule has 0 N–H and O–H groups in total. The summed E-state index contributed by atoms with van der Waals surface area (Å²) in [6.07, 6.45) is 1.18. The summed E-state index contributed by atoms with van der Waals surface area (Å²) in [7, 11) is 1.67. The van der Waals surface area contributed by atoms with Crippen LogP contribution in [0.15, 0.2) is 24.3 Å². The van der Waals surface area contributed by atoms with Gasteiger partial charge in [-0.25, -0.2) is 0 Å². The van der Waals surface area contributed by atoms with Gasteiger partial charge in [-0.2, -0.15) is 0 Å². The predicted octanol–water partition coefficient (Wildman–Crippen LogP) is 3.01. The molecule has 3 heteroatoms. The molecule has 1 heterocycles. The number of benzene rings is 1. The molecule has 1 fully saturated rings. The van der Waals surface area contributed by atoms with Crippen LogP contribution in [0.4, 0.5) is 0 Å². The standard InChI is InChI=1S/C12H15ClO2/c1-14-11-4-2-3-9(7-11)12-10(8-13)5-6-15-12/h2-4,7,10,12H,5-6,8H2,1H3. The molecular weight excluding hydrogens is 212 g/mol. The molecule has 0 aromatic heterocycles. The van der Waals surface area contributed by atoms with Gasteiger partial charge in [-0.1, -0.05) is 12.1 Å². The summed E-state index contributed by atoms with van der Waals surface area (Å²) in [5.41, 5.74) is 1.16. The Balaban J connectivity index is 2.20. The molecule has 0 aliphatic carbocycles. The topological polar surface area (TPSA) is 18.5 Å². The van der Waals surface area contributed by atoms with E-state index >= 15 is 0 Å². The zero-order chi connectivity index (χ0) is 10.7. The highest BCUT2D eigenvalue weighted by Crippen LogP contribution is 2.36. The molecule has 1 saturated heterocycles. The van der Waals surface area contributed by atoms with Crippen molar-refractivity contribution in [2.45, 2.75) is 12.5 Å². The number of rotatable bonds is 3. The second-order valence-corrected chi connectivity index (χ2v) is 4.08. The highest BCUT2D eigenvalue weighted by molar-refractivity contribution is 6.18. The first-order valence-corrected chi connectivity index (χ1v) is 5.70. The van der Waals surface area contributed by atoms with E-state index in [1.807, 2.05) is 18.2 Å². The highest BCUT2D eigenvalue weighted by atomic mass is 35.5. The van der Waals surface area contributed by atoms with E-state index < -0.39 is 0 Å². The van der Waals surface area contributed by atoms with Crippen LogP contribution in [-0.4, -0.2) is 19.6 Å². The molecule has 2 rings (SSSR count). The van der Waals surface area contributed by atoms with Crippen molar-refractivity contribution < 1.29 is 9.47 Å². The minimum absolute atomic E-state index is 0.137. The van der Waals surface area contributed by atoms with E-state index in [2.05, 4.69) is 6.07 Å². The van der Waals surface area contributed by atoms with Crippen molar-refractivity contribution in [3.8, 4) is 5.75 Å². The predicted molar refractivity (Wildman–Crippen MR) is 60.5 cm³/mol. The Hall–Kier alpha value is -0.730. The molecule has 2 unspecified atom stereocenters. The summed E-state index contributed by atoms with van der Waals surface area (Å²) in [4.78, 5) is 0. The number of halogens is 1. The summed E-state index contributed by atoms with van der Waals surface area (Å²) >= 11 is 5.91. The molecule has 2 nitrogen and oxygen atoms in total. The lowest BCUT2D eigenvalue weighted by Gasteiger charge is -2.17. The van der Waals surface area contributed by atoms with Crippen molar-refractivity contribution in [3.05, 3.63) is 29.8 Å². The fourth-order valence-electron chi connectivity index (χ4n) is 1.98. The van der Waals surface area contributed by atoms with Gasteiger partial charge in [0.1, 0.15) is 5.75 Å². The van der Waals surface area contributed by atoms with Gasteiger partial charge in [0.15, 0.2) is 0 Å². The molecule has 0 radical (unpaired) electrons. The first kappa shape index (κ1) is 10.8. The number of methoxy groups -OCH3 is 1. The Morgan fingerprint density at radius 3 is 3.13 bits per heavy atom. The van der Waals surface area contributed by atoms with E-state index in [0.717, 1.165) is 24.3 Å². The molecule has 0 amide bonds. The molecule has 0 spiro atoms. The summed E-state index contributed by atoms with van der Waals surface area (Å²) in [6, 6.07) is 8.02. The van der Waals surface area contributed by atoms with E-state index in [1.165, 1.54) is 0 Å². The third kappa shape index (κ3) is 2.27. The van der Waals surface area contributed by atoms with Gasteiger partial charge < -0.3 is 9.47 Å². The van der Waals surface area contributed by atoms with E-state index in [4.69, 9.17) is 21.1 Å². The molecule has 15 heavy (non-hydrogen) atoms. The molecule has 1 aromatic rings. The van der Waals surface area contributed by atoms with E-state index in [0.29, 0.717) is 11.8 Å². The number of alkyl halides is 1. The normalized spacial score (nSPS) is 25.5. The van der Waals surface area contributed by atoms with Crippen molar-refractivity contribution in [1.29, 1.82) is 0 Å². The quantitative estimate of drug-likeness (QED) is 0.738. The van der Waals surface area contributed by atoms with Crippen LogP contribution in [0.25, 0.3) is 0 Å². The fraction of sp³-hybridized carbons (Fsp3) is 0.500. The van der Waals surface area contributed by atoms with Crippen LogP contribution < -0.4 is 4.74 Å². The second-order valence-electron chi connectivity index (χ2n) is 3.77. The lowest BCUT2D eigenvalue weighted by atomic mass is 9.97. The van der Waals surface area contributed by atoms with Crippen LogP contribution in [-0.2, 0) is 4.74 Å². The third-order valence-electron chi connectivity index (χ3n) is 2.83. The third-order valence-corrected chi connectivity index (χ3v) is 3.23. The largest absolute Gasteiger partial charge is 0.497 e. The zero-order valence-electron chi connectivity index (χ0n) is 8.78. The van der Waals surface area contributed by atoms with Gasteiger partial charge in [0.05, 0.1) is 13.2 Å². The lowest BCUT2D eigenvalue weighted by molar-refractivity contribution is 0.0950. The van der Waals surface area contributed by atoms with E-state index in [-0.39, 0.29) is 6.10 Å². The zero-order valence-corrected chi connectivity index (χ0v) is 9.54. The molecular formula is C12H15ClO2. The van der Waals surface area contributed by atoms with Gasteiger partial charge in [0.2, 0.25) is 0 Å². The minimum Gasteiger partial charge on any atom is -0.497 e. The van der Waals surface area contributed by atoms with Crippen molar-refractivity contribution in [1.82, 2.24) is 0 Å². The smallest absolute Gasteiger partial charge is 0.119 e. The van der Waals surface area contributed by atoms with Gasteiger partial charge in [-0.05, 0) is 24.1 Å². The summed E-state index contributed by atoms with van der Waals surface area (Å²) in [5, 5.41) is 0. The lowest BCUT2D eigenvalue weighted by Crippen LogP contribution is -2.08. The molecule has 1 aliphatic rings. The summed E-state index contributed by atoms with van der Waals surface area (Å²) in [6.45, 7) is 0.805. The van der Waals surface area contributed by atoms with E-state index in [1.54, 1.807) is 7.11 Å². The molecule has 82 valence electrons. The maximum Gasteiger partial charge on any atom is 0.119 e. The van der Waals surface area contributed by atoms with Gasteiger partial charge in [-0.15, -0.1) is 11.6 Å². The molecule has 0 saturated carbocycles. The van der Waals surface area contributed by atoms with E-state index in [9.17, 15) is 0 Å². The monoisotopic (exact) mass is 226 g/mol. The number of hydrogen-bond acceptors (Lipinski definition) is 2. The minimum atomic E-state index is 0.137. The fourth-order valence-corrected chi connectivity index (χ4v) is 2.29. The van der Waals surface area contributed by atoms with Crippen molar-refractivity contribution in [2.75, 3.05) is 19.6 Å². The van der Waals surface area contributed by atoms with Crippen LogP contribution >= 0.6 is 11.6 Å². The maximum absolute atomic E-state index is 5.91. The van der Waals surface area contributed by atoms with Crippen LogP contribution in [0.1, 0.15) is 18.1 Å². The van der Waals surface area contributed by atoms with Gasteiger partial charge in [-0.3, -0.25) is 0 Å². The average molecular weight is 227 g/mol. The van der Waals surface area contributed by atoms with Gasteiger partial charge in [0.25, 0.3) is 0 Å². The van der Waals surface area contributed by atoms with Crippen molar-refractivity contribution in [2.24, 2.45) is 5.92 Å². The van der Waals surface area contributed by atoms with Crippen LogP contribution in [0.3, 0.4) is 0 Å². The van der Waals surface area contributed by atoms with Gasteiger partial charge >= 0.3 is 0 Å². The van der Waals surface area contributed by atoms with Crippen LogP contribution in [0.2, 0.25) is 0 Å². The SMILES string of the molecule is COc1cccc(C2OCCC2CCl)c1. The maximum atomic E-state index is 5.91. The Morgan fingerprint density at radius 2 is 2.40 bits per heavy atom. The number of ether oxygens (including phenoxy) is 2. The molecule has 1 aromatic carbocycles. The second kappa shape index (κ2) is 4.86. The Labute approximate surface area is 95.1 Å². The molecule has 0 bridgehead atoms. The highest BCUT2D eigenvalue weighted by Gasteiger charge is 2.28. The first-order valence-electron chi connectivity index (χ1n) is 5.16. The molecule has 2 atom stereocenters. The summed E-state index contributed by atoms with van der Waals surface area (Å²) < 4.78 is 10.9. The Kier molecular flexibility index (Phi) is 3.49. The Bertz CT molecular complexity index is 327.